The van der Waals surface area contributed by atoms with Crippen LogP contribution in [0.4, 0.5) is 0 Å². The van der Waals surface area contributed by atoms with Crippen LogP contribution in [0.15, 0.2) is 18.2 Å². The maximum atomic E-state index is 5.91. The summed E-state index contributed by atoms with van der Waals surface area (Å²) in [5, 5.41) is 3.64. The molecule has 1 aromatic rings. The number of nitrogens with one attached hydrogen (secondary N) is 1. The highest BCUT2D eigenvalue weighted by Gasteiger charge is 2.14. The predicted molar refractivity (Wildman–Crippen MR) is 95.4 cm³/mol. The quantitative estimate of drug-likeness (QED) is 0.716. The van der Waals surface area contributed by atoms with Crippen molar-refractivity contribution in [2.24, 2.45) is 0 Å². The molecule has 0 bridgehead atoms. The summed E-state index contributed by atoms with van der Waals surface area (Å²) < 4.78 is 11.4. The van der Waals surface area contributed by atoms with Gasteiger partial charge in [0.15, 0.2) is 11.5 Å². The van der Waals surface area contributed by atoms with Crippen LogP contribution >= 0.6 is 0 Å². The number of hydrogen-bond donors (Lipinski definition) is 1. The lowest BCUT2D eigenvalue weighted by molar-refractivity contribution is 0.217. The second-order valence-electron chi connectivity index (χ2n) is 6.22. The van der Waals surface area contributed by atoms with Crippen molar-refractivity contribution in [1.82, 2.24) is 10.2 Å². The fourth-order valence-electron chi connectivity index (χ4n) is 3.16. The number of likely N-dealkylation sites (N-methyl/N-ethyl adjacent to an activating group) is 1. The van der Waals surface area contributed by atoms with Crippen LogP contribution in [0.1, 0.15) is 45.1 Å². The molecule has 0 amide bonds. The molecular formula is C19H32N2O2. The van der Waals surface area contributed by atoms with Crippen LogP contribution < -0.4 is 14.8 Å². The van der Waals surface area contributed by atoms with Gasteiger partial charge in [-0.05, 0) is 43.6 Å². The molecule has 1 N–H and O–H groups in total. The summed E-state index contributed by atoms with van der Waals surface area (Å²) in [5.74, 6) is 1.67. The molecule has 4 heteroatoms. The first-order valence-corrected chi connectivity index (χ1v) is 9.02. The van der Waals surface area contributed by atoms with Crippen molar-refractivity contribution in [3.05, 3.63) is 23.8 Å². The van der Waals surface area contributed by atoms with E-state index in [0.717, 1.165) is 37.7 Å². The summed E-state index contributed by atoms with van der Waals surface area (Å²) >= 11 is 0. The molecule has 1 saturated carbocycles. The van der Waals surface area contributed by atoms with Crippen LogP contribution in [-0.4, -0.2) is 44.3 Å². The Balaban J connectivity index is 1.85. The summed E-state index contributed by atoms with van der Waals surface area (Å²) in [7, 11) is 1.71. The summed E-state index contributed by atoms with van der Waals surface area (Å²) in [6.45, 7) is 9.01. The van der Waals surface area contributed by atoms with E-state index >= 15 is 0 Å². The number of ether oxygens (including phenoxy) is 2. The fraction of sp³-hybridized carbons (Fsp3) is 0.684. The van der Waals surface area contributed by atoms with Gasteiger partial charge in [0.1, 0.15) is 6.61 Å². The molecular weight excluding hydrogens is 288 g/mol. The number of rotatable bonds is 10. The van der Waals surface area contributed by atoms with E-state index in [9.17, 15) is 0 Å². The molecule has 1 aliphatic rings. The number of nitrogens with zero attached hydrogens (tertiary/aromatic N) is 1. The van der Waals surface area contributed by atoms with E-state index in [1.54, 1.807) is 7.11 Å². The minimum absolute atomic E-state index is 0.686. The maximum absolute atomic E-state index is 5.91. The molecule has 0 atom stereocenters. The van der Waals surface area contributed by atoms with Crippen molar-refractivity contribution in [2.75, 3.05) is 33.4 Å². The summed E-state index contributed by atoms with van der Waals surface area (Å²) in [6.07, 6.45) is 5.34. The average Bonchev–Trinajstić information content (AvgIpc) is 3.11. The Kier molecular flexibility index (Phi) is 7.69. The van der Waals surface area contributed by atoms with E-state index in [4.69, 9.17) is 9.47 Å². The highest BCUT2D eigenvalue weighted by molar-refractivity contribution is 5.43. The first-order valence-electron chi connectivity index (χ1n) is 9.02. The number of benzene rings is 1. The van der Waals surface area contributed by atoms with Gasteiger partial charge in [-0.1, -0.05) is 32.8 Å². The Hall–Kier alpha value is -1.26. The van der Waals surface area contributed by atoms with Gasteiger partial charge in [0.2, 0.25) is 0 Å². The molecule has 23 heavy (non-hydrogen) atoms. The Bertz CT molecular complexity index is 455. The van der Waals surface area contributed by atoms with Crippen LogP contribution in [0.25, 0.3) is 0 Å². The number of hydrogen-bond acceptors (Lipinski definition) is 4. The second kappa shape index (κ2) is 9.78. The van der Waals surface area contributed by atoms with Gasteiger partial charge < -0.3 is 19.7 Å². The predicted octanol–water partition coefficient (Wildman–Crippen LogP) is 3.45. The zero-order chi connectivity index (χ0) is 16.5. The fourth-order valence-corrected chi connectivity index (χ4v) is 3.16. The van der Waals surface area contributed by atoms with Crippen LogP contribution in [0.5, 0.6) is 11.5 Å². The molecule has 1 aliphatic carbocycles. The molecule has 4 nitrogen and oxygen atoms in total. The Morgan fingerprint density at radius 2 is 1.87 bits per heavy atom. The van der Waals surface area contributed by atoms with Crippen LogP contribution in [0.3, 0.4) is 0 Å². The first kappa shape index (κ1) is 18.1. The van der Waals surface area contributed by atoms with Gasteiger partial charge in [0, 0.05) is 19.1 Å². The molecule has 0 radical (unpaired) electrons. The van der Waals surface area contributed by atoms with Crippen molar-refractivity contribution in [3.63, 3.8) is 0 Å². The van der Waals surface area contributed by atoms with Crippen molar-refractivity contribution in [1.29, 1.82) is 0 Å². The van der Waals surface area contributed by atoms with Crippen molar-refractivity contribution in [3.8, 4) is 11.5 Å². The van der Waals surface area contributed by atoms with E-state index in [-0.39, 0.29) is 0 Å². The lowest BCUT2D eigenvalue weighted by atomic mass is 10.1. The van der Waals surface area contributed by atoms with Gasteiger partial charge in [-0.15, -0.1) is 0 Å². The molecule has 2 rings (SSSR count). The Morgan fingerprint density at radius 3 is 2.52 bits per heavy atom. The minimum atomic E-state index is 0.686. The van der Waals surface area contributed by atoms with Crippen molar-refractivity contribution in [2.45, 2.75) is 52.1 Å². The molecule has 0 aliphatic heterocycles. The molecule has 0 heterocycles. The summed E-state index contributed by atoms with van der Waals surface area (Å²) in [6, 6.07) is 6.95. The van der Waals surface area contributed by atoms with Crippen LogP contribution in [-0.2, 0) is 6.54 Å². The zero-order valence-electron chi connectivity index (χ0n) is 14.9. The van der Waals surface area contributed by atoms with Gasteiger partial charge in [-0.2, -0.15) is 0 Å². The largest absolute Gasteiger partial charge is 0.493 e. The van der Waals surface area contributed by atoms with Crippen molar-refractivity contribution >= 4 is 0 Å². The van der Waals surface area contributed by atoms with E-state index in [0.29, 0.717) is 12.6 Å². The van der Waals surface area contributed by atoms with E-state index < -0.39 is 0 Å². The van der Waals surface area contributed by atoms with Gasteiger partial charge in [-0.25, -0.2) is 0 Å². The molecule has 0 spiro atoms. The SMILES string of the molecule is CCN(CC)CCOc1ccc(CNC2CCCC2)cc1OC. The van der Waals surface area contributed by atoms with Gasteiger partial charge in [0.05, 0.1) is 7.11 Å². The lowest BCUT2D eigenvalue weighted by Gasteiger charge is -2.19. The normalized spacial score (nSPS) is 15.3. The van der Waals surface area contributed by atoms with Crippen LogP contribution in [0, 0.1) is 0 Å². The van der Waals surface area contributed by atoms with Gasteiger partial charge in [-0.3, -0.25) is 0 Å². The average molecular weight is 320 g/mol. The van der Waals surface area contributed by atoms with Gasteiger partial charge in [0.25, 0.3) is 0 Å². The Labute approximate surface area is 141 Å². The minimum Gasteiger partial charge on any atom is -0.493 e. The molecule has 1 fully saturated rings. The topological polar surface area (TPSA) is 33.7 Å². The molecule has 1 aromatic carbocycles. The first-order chi connectivity index (χ1) is 11.3. The van der Waals surface area contributed by atoms with Crippen LogP contribution in [0.2, 0.25) is 0 Å². The third-order valence-electron chi connectivity index (χ3n) is 4.74. The van der Waals surface area contributed by atoms with Gasteiger partial charge >= 0.3 is 0 Å². The lowest BCUT2D eigenvalue weighted by Crippen LogP contribution is -2.28. The highest BCUT2D eigenvalue weighted by atomic mass is 16.5. The van der Waals surface area contributed by atoms with E-state index in [1.165, 1.54) is 31.2 Å². The molecule has 0 saturated heterocycles. The smallest absolute Gasteiger partial charge is 0.161 e. The Morgan fingerprint density at radius 1 is 1.13 bits per heavy atom. The molecule has 0 aromatic heterocycles. The second-order valence-corrected chi connectivity index (χ2v) is 6.22. The molecule has 130 valence electrons. The van der Waals surface area contributed by atoms with E-state index in [2.05, 4.69) is 36.2 Å². The van der Waals surface area contributed by atoms with Crippen molar-refractivity contribution < 1.29 is 9.47 Å². The standard InChI is InChI=1S/C19H32N2O2/c1-4-21(5-2)12-13-23-18-11-10-16(14-19(18)22-3)15-20-17-8-6-7-9-17/h10-11,14,17,20H,4-9,12-13,15H2,1-3H3. The molecule has 0 unspecified atom stereocenters. The third-order valence-corrected chi connectivity index (χ3v) is 4.74. The third kappa shape index (κ3) is 5.70. The zero-order valence-corrected chi connectivity index (χ0v) is 14.9. The summed E-state index contributed by atoms with van der Waals surface area (Å²) in [4.78, 5) is 2.35. The highest BCUT2D eigenvalue weighted by Crippen LogP contribution is 2.28. The number of methoxy groups -OCH3 is 1. The maximum Gasteiger partial charge on any atom is 0.161 e. The summed E-state index contributed by atoms with van der Waals surface area (Å²) in [5.41, 5.74) is 1.25. The van der Waals surface area contributed by atoms with E-state index in [1.807, 2.05) is 6.07 Å². The monoisotopic (exact) mass is 320 g/mol.